The fourth-order valence-electron chi connectivity index (χ4n) is 6.41. The summed E-state index contributed by atoms with van der Waals surface area (Å²) >= 11 is 0. The number of ether oxygens (including phenoxy) is 3. The van der Waals surface area contributed by atoms with Crippen LogP contribution in [0.3, 0.4) is 0 Å². The lowest BCUT2D eigenvalue weighted by atomic mass is 9.88. The second-order valence-corrected chi connectivity index (χ2v) is 12.4. The SMILES string of the molecule is COCC(=O)N[C@@H](Cc1ccccc1)[C@@H](O)C[C@@H](Cc1ccc(OCCN2CCOCC2)cc1)C(=O)N[C@H]1c2ccccc2C[C@H]1O. The van der Waals surface area contributed by atoms with Crippen LogP contribution in [0.5, 0.6) is 5.75 Å². The van der Waals surface area contributed by atoms with Gasteiger partial charge in [0.1, 0.15) is 19.0 Å². The molecule has 0 saturated carbocycles. The van der Waals surface area contributed by atoms with Crippen LogP contribution in [0.4, 0.5) is 0 Å². The lowest BCUT2D eigenvalue weighted by Gasteiger charge is -2.29. The van der Waals surface area contributed by atoms with E-state index in [2.05, 4.69) is 15.5 Å². The standard InChI is InChI=1S/C37H47N3O7/c1-45-25-35(43)38-32(22-26-7-3-2-4-8-26)33(41)24-29(37(44)39-36-31-10-6-5-9-28(31)23-34(36)42)21-27-11-13-30(14-12-27)47-20-17-40-15-18-46-19-16-40/h2-14,29,32-34,36,41-42H,15-25H2,1H3,(H,38,43)(H,39,44)/t29-,32+,33+,34-,36+/m1/s1. The molecule has 3 aromatic carbocycles. The zero-order chi connectivity index (χ0) is 33.0. The van der Waals surface area contributed by atoms with Crippen LogP contribution in [-0.2, 0) is 38.3 Å². The summed E-state index contributed by atoms with van der Waals surface area (Å²) in [4.78, 5) is 28.9. The molecule has 2 aliphatic rings. The summed E-state index contributed by atoms with van der Waals surface area (Å²) in [6.07, 6.45) is -0.474. The number of methoxy groups -OCH3 is 1. The third-order valence-corrected chi connectivity index (χ3v) is 8.97. The lowest BCUT2D eigenvalue weighted by Crippen LogP contribution is -2.48. The van der Waals surface area contributed by atoms with Crippen molar-refractivity contribution in [3.8, 4) is 5.75 Å². The first-order valence-electron chi connectivity index (χ1n) is 16.5. The van der Waals surface area contributed by atoms with Gasteiger partial charge in [-0.05, 0) is 53.6 Å². The molecular formula is C37H47N3O7. The molecular weight excluding hydrogens is 598 g/mol. The predicted octanol–water partition coefficient (Wildman–Crippen LogP) is 2.46. The molecule has 0 spiro atoms. The van der Waals surface area contributed by atoms with E-state index in [0.29, 0.717) is 25.9 Å². The molecule has 3 aromatic rings. The van der Waals surface area contributed by atoms with Crippen LogP contribution in [0.2, 0.25) is 0 Å². The van der Waals surface area contributed by atoms with Gasteiger partial charge >= 0.3 is 0 Å². The van der Waals surface area contributed by atoms with Gasteiger partial charge in [0.2, 0.25) is 11.8 Å². The average molecular weight is 646 g/mol. The van der Waals surface area contributed by atoms with Crippen LogP contribution in [0.25, 0.3) is 0 Å². The minimum atomic E-state index is -1.03. The summed E-state index contributed by atoms with van der Waals surface area (Å²) in [6.45, 7) is 4.56. The zero-order valence-corrected chi connectivity index (χ0v) is 27.1. The van der Waals surface area contributed by atoms with E-state index in [1.807, 2.05) is 78.9 Å². The van der Waals surface area contributed by atoms with Crippen molar-refractivity contribution in [1.82, 2.24) is 15.5 Å². The molecule has 10 heteroatoms. The van der Waals surface area contributed by atoms with Crippen molar-refractivity contribution in [3.63, 3.8) is 0 Å². The molecule has 252 valence electrons. The van der Waals surface area contributed by atoms with Gasteiger partial charge in [-0.3, -0.25) is 14.5 Å². The van der Waals surface area contributed by atoms with E-state index in [-0.39, 0.29) is 24.8 Å². The smallest absolute Gasteiger partial charge is 0.246 e. The highest BCUT2D eigenvalue weighted by Crippen LogP contribution is 2.32. The molecule has 47 heavy (non-hydrogen) atoms. The van der Waals surface area contributed by atoms with Gasteiger partial charge in [0.05, 0.1) is 37.5 Å². The fraction of sp³-hybridized carbons (Fsp3) is 0.459. The molecule has 2 amide bonds. The van der Waals surface area contributed by atoms with Crippen LogP contribution in [0.1, 0.15) is 34.7 Å². The molecule has 0 bridgehead atoms. The molecule has 10 nitrogen and oxygen atoms in total. The second kappa shape index (κ2) is 17.4. The first-order valence-corrected chi connectivity index (χ1v) is 16.5. The third kappa shape index (κ3) is 10.1. The maximum atomic E-state index is 14.0. The number of hydrogen-bond acceptors (Lipinski definition) is 8. The van der Waals surface area contributed by atoms with Crippen molar-refractivity contribution in [2.75, 3.05) is 53.2 Å². The predicted molar refractivity (Wildman–Crippen MR) is 178 cm³/mol. The number of amides is 2. The number of aliphatic hydroxyl groups is 2. The van der Waals surface area contributed by atoms with Crippen LogP contribution in [0.15, 0.2) is 78.9 Å². The van der Waals surface area contributed by atoms with Gasteiger partial charge in [0, 0.05) is 39.1 Å². The van der Waals surface area contributed by atoms with Gasteiger partial charge in [0.25, 0.3) is 0 Å². The molecule has 0 radical (unpaired) electrons. The van der Waals surface area contributed by atoms with Crippen molar-refractivity contribution in [1.29, 1.82) is 0 Å². The summed E-state index contributed by atoms with van der Waals surface area (Å²) in [5, 5.41) is 28.4. The summed E-state index contributed by atoms with van der Waals surface area (Å²) < 4.78 is 16.4. The van der Waals surface area contributed by atoms with E-state index in [1.54, 1.807) is 0 Å². The lowest BCUT2D eigenvalue weighted by molar-refractivity contribution is -0.128. The summed E-state index contributed by atoms with van der Waals surface area (Å²) in [5.41, 5.74) is 3.77. The van der Waals surface area contributed by atoms with Crippen molar-refractivity contribution >= 4 is 11.8 Å². The maximum Gasteiger partial charge on any atom is 0.246 e. The Labute approximate surface area is 277 Å². The number of carbonyl (C=O) groups is 2. The van der Waals surface area contributed by atoms with Crippen molar-refractivity contribution < 1.29 is 34.0 Å². The van der Waals surface area contributed by atoms with Crippen LogP contribution in [-0.4, -0.2) is 98.3 Å². The minimum Gasteiger partial charge on any atom is -0.492 e. The van der Waals surface area contributed by atoms with Crippen molar-refractivity contribution in [3.05, 3.63) is 101 Å². The van der Waals surface area contributed by atoms with E-state index < -0.39 is 30.2 Å². The number of rotatable bonds is 16. The van der Waals surface area contributed by atoms with E-state index in [9.17, 15) is 19.8 Å². The van der Waals surface area contributed by atoms with Crippen LogP contribution >= 0.6 is 0 Å². The highest BCUT2D eigenvalue weighted by atomic mass is 16.5. The molecule has 1 saturated heterocycles. The van der Waals surface area contributed by atoms with E-state index in [0.717, 1.165) is 60.9 Å². The molecule has 5 rings (SSSR count). The summed E-state index contributed by atoms with van der Waals surface area (Å²) in [7, 11) is 1.44. The molecule has 1 heterocycles. The number of hydrogen-bond donors (Lipinski definition) is 4. The summed E-state index contributed by atoms with van der Waals surface area (Å²) in [6, 6.07) is 23.8. The third-order valence-electron chi connectivity index (χ3n) is 8.97. The average Bonchev–Trinajstić information content (AvgIpc) is 3.40. The Morgan fingerprint density at radius 1 is 0.957 bits per heavy atom. The monoisotopic (exact) mass is 645 g/mol. The van der Waals surface area contributed by atoms with Gasteiger partial charge in [0.15, 0.2) is 0 Å². The maximum absolute atomic E-state index is 14.0. The molecule has 1 aliphatic carbocycles. The van der Waals surface area contributed by atoms with Gasteiger partial charge in [-0.1, -0.05) is 66.7 Å². The van der Waals surface area contributed by atoms with E-state index in [4.69, 9.17) is 14.2 Å². The first kappa shape index (κ1) is 34.5. The molecule has 0 aromatic heterocycles. The largest absolute Gasteiger partial charge is 0.492 e. The van der Waals surface area contributed by atoms with Gasteiger partial charge in [-0.15, -0.1) is 0 Å². The Morgan fingerprint density at radius 2 is 1.66 bits per heavy atom. The summed E-state index contributed by atoms with van der Waals surface area (Å²) in [5.74, 6) is -0.506. The van der Waals surface area contributed by atoms with Gasteiger partial charge in [-0.2, -0.15) is 0 Å². The highest BCUT2D eigenvalue weighted by Gasteiger charge is 2.35. The minimum absolute atomic E-state index is 0.0961. The molecule has 1 aliphatic heterocycles. The van der Waals surface area contributed by atoms with Crippen molar-refractivity contribution in [2.24, 2.45) is 5.92 Å². The molecule has 1 fully saturated rings. The Hall–Kier alpha value is -3.80. The highest BCUT2D eigenvalue weighted by molar-refractivity contribution is 5.80. The molecule has 5 atom stereocenters. The number of fused-ring (bicyclic) bond motifs is 1. The fourth-order valence-corrected chi connectivity index (χ4v) is 6.41. The number of nitrogens with one attached hydrogen (secondary N) is 2. The molecule has 4 N–H and O–H groups in total. The second-order valence-electron chi connectivity index (χ2n) is 12.4. The molecule has 0 unspecified atom stereocenters. The van der Waals surface area contributed by atoms with E-state index in [1.165, 1.54) is 7.11 Å². The quantitative estimate of drug-likeness (QED) is 0.187. The number of benzene rings is 3. The Kier molecular flexibility index (Phi) is 12.8. The number of aliphatic hydroxyl groups excluding tert-OH is 2. The Morgan fingerprint density at radius 3 is 2.40 bits per heavy atom. The zero-order valence-electron chi connectivity index (χ0n) is 27.1. The normalized spacial score (nSPS) is 19.7. The number of carbonyl (C=O) groups excluding carboxylic acids is 2. The van der Waals surface area contributed by atoms with Crippen molar-refractivity contribution in [2.45, 2.75) is 50.0 Å². The van der Waals surface area contributed by atoms with Crippen LogP contribution in [0, 0.1) is 5.92 Å². The Bertz CT molecular complexity index is 1410. The van der Waals surface area contributed by atoms with Gasteiger partial charge < -0.3 is 35.1 Å². The van der Waals surface area contributed by atoms with Crippen LogP contribution < -0.4 is 15.4 Å². The van der Waals surface area contributed by atoms with E-state index >= 15 is 0 Å². The van der Waals surface area contributed by atoms with Gasteiger partial charge in [-0.25, -0.2) is 0 Å². The Balaban J connectivity index is 1.29. The topological polar surface area (TPSA) is 130 Å². The number of morpholine rings is 1. The first-order chi connectivity index (χ1) is 22.9. The number of nitrogens with zero attached hydrogens (tertiary/aromatic N) is 1.